The monoisotopic (exact) mass is 206 g/mol. The van der Waals surface area contributed by atoms with Crippen molar-refractivity contribution in [3.63, 3.8) is 0 Å². The summed E-state index contributed by atoms with van der Waals surface area (Å²) in [6, 6.07) is 0. The summed E-state index contributed by atoms with van der Waals surface area (Å²) in [4.78, 5) is 10.0. The molecule has 0 heterocycles. The van der Waals surface area contributed by atoms with Crippen molar-refractivity contribution in [2.24, 2.45) is 0 Å². The Morgan fingerprint density at radius 2 is 1.90 bits per heavy atom. The first-order valence-corrected chi connectivity index (χ1v) is 3.14. The standard InChI is InChI=1S/C4H2Cl3FO2/c5-4(6,7)2(1-8)3(9)10/h1H,(H,9,10). The first-order chi connectivity index (χ1) is 4.39. The van der Waals surface area contributed by atoms with E-state index in [1.54, 1.807) is 0 Å². The van der Waals surface area contributed by atoms with Crippen LogP contribution in [0.4, 0.5) is 4.39 Å². The Labute approximate surface area is 71.2 Å². The number of carboxylic acid groups (broad SMARTS) is 1. The van der Waals surface area contributed by atoms with Gasteiger partial charge in [0.25, 0.3) is 0 Å². The Morgan fingerprint density at radius 1 is 1.50 bits per heavy atom. The Bertz CT molecular complexity index is 172. The Hall–Kier alpha value is 0.01000. The Kier molecular flexibility index (Phi) is 3.42. The van der Waals surface area contributed by atoms with Gasteiger partial charge in [-0.3, -0.25) is 0 Å². The van der Waals surface area contributed by atoms with E-state index in [0.717, 1.165) is 0 Å². The van der Waals surface area contributed by atoms with Gasteiger partial charge in [-0.1, -0.05) is 34.8 Å². The lowest BCUT2D eigenvalue weighted by atomic mass is 10.3. The Morgan fingerprint density at radius 3 is 1.90 bits per heavy atom. The van der Waals surface area contributed by atoms with Gasteiger partial charge in [0, 0.05) is 0 Å². The SMILES string of the molecule is O=C(O)C(=CF)C(Cl)(Cl)Cl. The second kappa shape index (κ2) is 3.42. The number of rotatable bonds is 1. The molecule has 0 aliphatic rings. The third kappa shape index (κ3) is 2.73. The summed E-state index contributed by atoms with van der Waals surface area (Å²) < 4.78 is 9.40. The van der Waals surface area contributed by atoms with Crippen molar-refractivity contribution in [2.45, 2.75) is 3.79 Å². The zero-order valence-corrected chi connectivity index (χ0v) is 6.71. The molecule has 0 aliphatic heterocycles. The maximum Gasteiger partial charge on any atom is 0.338 e. The number of alkyl halides is 3. The van der Waals surface area contributed by atoms with Gasteiger partial charge in [0.15, 0.2) is 0 Å². The summed E-state index contributed by atoms with van der Waals surface area (Å²) in [5.74, 6) is -1.59. The molecule has 0 fully saturated rings. The molecule has 10 heavy (non-hydrogen) atoms. The number of hydrogen-bond acceptors (Lipinski definition) is 1. The molecule has 0 rings (SSSR count). The van der Waals surface area contributed by atoms with Crippen LogP contribution < -0.4 is 0 Å². The van der Waals surface area contributed by atoms with Crippen LogP contribution in [0, 0.1) is 0 Å². The fraction of sp³-hybridized carbons (Fsp3) is 0.250. The number of carbonyl (C=O) groups is 1. The van der Waals surface area contributed by atoms with Gasteiger partial charge in [0.2, 0.25) is 3.79 Å². The van der Waals surface area contributed by atoms with Crippen molar-refractivity contribution >= 4 is 40.8 Å². The first-order valence-electron chi connectivity index (χ1n) is 2.00. The van der Waals surface area contributed by atoms with Crippen molar-refractivity contribution in [1.29, 1.82) is 0 Å². The molecule has 0 unspecified atom stereocenters. The largest absolute Gasteiger partial charge is 0.478 e. The maximum atomic E-state index is 11.6. The van der Waals surface area contributed by atoms with Crippen LogP contribution in [0.5, 0.6) is 0 Å². The lowest BCUT2D eigenvalue weighted by Gasteiger charge is -2.08. The summed E-state index contributed by atoms with van der Waals surface area (Å²) in [7, 11) is 0. The molecule has 0 aromatic heterocycles. The molecule has 0 atom stereocenters. The van der Waals surface area contributed by atoms with E-state index in [1.165, 1.54) is 0 Å². The predicted octanol–water partition coefficient (Wildman–Crippen LogP) is 2.29. The molecule has 6 heteroatoms. The highest BCUT2D eigenvalue weighted by Gasteiger charge is 2.31. The lowest BCUT2D eigenvalue weighted by molar-refractivity contribution is -0.132. The number of halogens is 4. The highest BCUT2D eigenvalue weighted by Crippen LogP contribution is 2.34. The molecule has 0 amide bonds. The van der Waals surface area contributed by atoms with Crippen LogP contribution in [-0.4, -0.2) is 14.9 Å². The molecule has 1 N–H and O–H groups in total. The summed E-state index contributed by atoms with van der Waals surface area (Å²) in [6.45, 7) is 0. The average Bonchev–Trinajstić information content (AvgIpc) is 1.60. The molecule has 2 nitrogen and oxygen atoms in total. The van der Waals surface area contributed by atoms with Gasteiger partial charge in [-0.25, -0.2) is 9.18 Å². The normalized spacial score (nSPS) is 13.4. The minimum absolute atomic E-state index is 0.255. The van der Waals surface area contributed by atoms with E-state index in [0.29, 0.717) is 0 Å². The van der Waals surface area contributed by atoms with Crippen molar-refractivity contribution in [1.82, 2.24) is 0 Å². The summed E-state index contributed by atoms with van der Waals surface area (Å²) in [5.41, 5.74) is -0.905. The third-order valence-electron chi connectivity index (χ3n) is 0.645. The van der Waals surface area contributed by atoms with Gasteiger partial charge in [0.1, 0.15) is 11.9 Å². The maximum absolute atomic E-state index is 11.6. The molecule has 0 saturated heterocycles. The van der Waals surface area contributed by atoms with Crippen molar-refractivity contribution in [3.05, 3.63) is 11.9 Å². The van der Waals surface area contributed by atoms with E-state index in [-0.39, 0.29) is 6.33 Å². The molecule has 0 aromatic rings. The second-order valence-corrected chi connectivity index (χ2v) is 3.61. The van der Waals surface area contributed by atoms with E-state index in [1.807, 2.05) is 0 Å². The molecule has 0 aliphatic carbocycles. The van der Waals surface area contributed by atoms with E-state index in [9.17, 15) is 9.18 Å². The zero-order valence-electron chi connectivity index (χ0n) is 4.44. The molecule has 0 spiro atoms. The number of carboxylic acids is 1. The number of hydrogen-bond donors (Lipinski definition) is 1. The van der Waals surface area contributed by atoms with Crippen molar-refractivity contribution in [3.8, 4) is 0 Å². The topological polar surface area (TPSA) is 37.3 Å². The van der Waals surface area contributed by atoms with Crippen LogP contribution >= 0.6 is 34.8 Å². The van der Waals surface area contributed by atoms with Gasteiger partial charge >= 0.3 is 5.97 Å². The van der Waals surface area contributed by atoms with Crippen LogP contribution in [-0.2, 0) is 4.79 Å². The minimum Gasteiger partial charge on any atom is -0.478 e. The fourth-order valence-corrected chi connectivity index (χ4v) is 0.596. The predicted molar refractivity (Wildman–Crippen MR) is 37.1 cm³/mol. The van der Waals surface area contributed by atoms with Gasteiger partial charge in [-0.05, 0) is 0 Å². The summed E-state index contributed by atoms with van der Waals surface area (Å²) in [6.07, 6.45) is -0.255. The van der Waals surface area contributed by atoms with Crippen LogP contribution in [0.2, 0.25) is 0 Å². The highest BCUT2D eigenvalue weighted by molar-refractivity contribution is 6.70. The third-order valence-corrected chi connectivity index (χ3v) is 1.26. The van der Waals surface area contributed by atoms with E-state index < -0.39 is 15.3 Å². The minimum atomic E-state index is -2.21. The molecular formula is C4H2Cl3FO2. The smallest absolute Gasteiger partial charge is 0.338 e. The summed E-state index contributed by atoms with van der Waals surface area (Å²) in [5, 5.41) is 8.15. The van der Waals surface area contributed by atoms with Gasteiger partial charge in [0.05, 0.1) is 0 Å². The molecule has 0 radical (unpaired) electrons. The molecular weight excluding hydrogens is 205 g/mol. The molecule has 58 valence electrons. The van der Waals surface area contributed by atoms with Crippen LogP contribution in [0.15, 0.2) is 11.9 Å². The van der Waals surface area contributed by atoms with Gasteiger partial charge < -0.3 is 5.11 Å². The van der Waals surface area contributed by atoms with Gasteiger partial charge in [-0.2, -0.15) is 0 Å². The Balaban J connectivity index is 4.56. The van der Waals surface area contributed by atoms with Crippen molar-refractivity contribution in [2.75, 3.05) is 0 Å². The van der Waals surface area contributed by atoms with Crippen molar-refractivity contribution < 1.29 is 14.3 Å². The van der Waals surface area contributed by atoms with Crippen LogP contribution in [0.1, 0.15) is 0 Å². The average molecular weight is 207 g/mol. The molecule has 0 bridgehead atoms. The number of aliphatic carboxylic acids is 1. The van der Waals surface area contributed by atoms with E-state index >= 15 is 0 Å². The zero-order chi connectivity index (χ0) is 8.36. The first kappa shape index (κ1) is 10.0. The van der Waals surface area contributed by atoms with E-state index in [2.05, 4.69) is 0 Å². The lowest BCUT2D eigenvalue weighted by Crippen LogP contribution is -2.15. The van der Waals surface area contributed by atoms with Crippen LogP contribution in [0.25, 0.3) is 0 Å². The van der Waals surface area contributed by atoms with Crippen LogP contribution in [0.3, 0.4) is 0 Å². The highest BCUT2D eigenvalue weighted by atomic mass is 35.6. The summed E-state index contributed by atoms with van der Waals surface area (Å²) >= 11 is 15.1. The van der Waals surface area contributed by atoms with Gasteiger partial charge in [-0.15, -0.1) is 0 Å². The van der Waals surface area contributed by atoms with E-state index in [4.69, 9.17) is 39.9 Å². The molecule has 0 saturated carbocycles. The second-order valence-electron chi connectivity index (χ2n) is 1.33. The molecule has 0 aromatic carbocycles. The fourth-order valence-electron chi connectivity index (χ4n) is 0.230. The quantitative estimate of drug-likeness (QED) is 0.529.